The predicted octanol–water partition coefficient (Wildman–Crippen LogP) is 2.26. The van der Waals surface area contributed by atoms with Crippen molar-refractivity contribution in [3.8, 4) is 0 Å². The number of aryl methyl sites for hydroxylation is 1. The fourth-order valence-corrected chi connectivity index (χ4v) is 2.75. The van der Waals surface area contributed by atoms with Crippen molar-refractivity contribution in [3.63, 3.8) is 0 Å². The van der Waals surface area contributed by atoms with Crippen LogP contribution in [-0.4, -0.2) is 25.7 Å². The van der Waals surface area contributed by atoms with Gasteiger partial charge in [-0.25, -0.2) is 9.50 Å². The molecule has 21 heavy (non-hydrogen) atoms. The highest BCUT2D eigenvalue weighted by molar-refractivity contribution is 9.10. The molecule has 3 aromatic rings. The van der Waals surface area contributed by atoms with E-state index in [1.807, 2.05) is 18.2 Å². The molecule has 6 nitrogen and oxygen atoms in total. The lowest BCUT2D eigenvalue weighted by molar-refractivity contribution is -0.136. The van der Waals surface area contributed by atoms with Crippen LogP contribution in [0.4, 0.5) is 0 Å². The van der Waals surface area contributed by atoms with Crippen LogP contribution < -0.4 is 5.56 Å². The van der Waals surface area contributed by atoms with Crippen LogP contribution in [0.1, 0.15) is 17.7 Å². The molecule has 1 aromatic carbocycles. The highest BCUT2D eigenvalue weighted by Crippen LogP contribution is 2.22. The van der Waals surface area contributed by atoms with Crippen molar-refractivity contribution in [2.75, 3.05) is 0 Å². The van der Waals surface area contributed by atoms with Gasteiger partial charge in [-0.15, -0.1) is 0 Å². The number of H-pyrrole nitrogens is 1. The highest BCUT2D eigenvalue weighted by atomic mass is 79.9. The summed E-state index contributed by atoms with van der Waals surface area (Å²) in [6.45, 7) is 1.73. The number of hydrogen-bond acceptors (Lipinski definition) is 3. The summed E-state index contributed by atoms with van der Waals surface area (Å²) in [5, 5.41) is 12.6. The molecule has 0 radical (unpaired) electrons. The van der Waals surface area contributed by atoms with Crippen molar-refractivity contribution in [1.29, 1.82) is 0 Å². The van der Waals surface area contributed by atoms with E-state index in [-0.39, 0.29) is 18.4 Å². The van der Waals surface area contributed by atoms with Gasteiger partial charge < -0.3 is 5.11 Å². The van der Waals surface area contributed by atoms with E-state index < -0.39 is 5.97 Å². The summed E-state index contributed by atoms with van der Waals surface area (Å²) in [5.41, 5.74) is 2.11. The number of nitrogens with zero attached hydrogens (tertiary/aromatic N) is 2. The molecular weight excluding hydrogens is 338 g/mol. The first kappa shape index (κ1) is 13.8. The monoisotopic (exact) mass is 349 g/mol. The van der Waals surface area contributed by atoms with Crippen molar-refractivity contribution in [1.82, 2.24) is 14.6 Å². The second-order valence-electron chi connectivity index (χ2n) is 4.84. The Bertz CT molecular complexity index is 926. The molecule has 108 valence electrons. The number of hydrogen-bond donors (Lipinski definition) is 2. The molecule has 3 rings (SSSR count). The second-order valence-corrected chi connectivity index (χ2v) is 5.75. The molecular formula is C14H12BrN3O3. The Morgan fingerprint density at radius 3 is 2.95 bits per heavy atom. The zero-order valence-electron chi connectivity index (χ0n) is 11.2. The van der Waals surface area contributed by atoms with Gasteiger partial charge in [-0.2, -0.15) is 0 Å². The van der Waals surface area contributed by atoms with E-state index in [4.69, 9.17) is 5.11 Å². The van der Waals surface area contributed by atoms with Crippen LogP contribution in [0.15, 0.2) is 27.5 Å². The van der Waals surface area contributed by atoms with Gasteiger partial charge in [0.25, 0.3) is 5.56 Å². The molecule has 0 aliphatic rings. The first-order valence-electron chi connectivity index (χ1n) is 6.38. The molecule has 2 heterocycles. The number of nitrogens with one attached hydrogen (secondary N) is 1. The van der Waals surface area contributed by atoms with Gasteiger partial charge in [-0.1, -0.05) is 15.9 Å². The first-order chi connectivity index (χ1) is 9.97. The first-order valence-corrected chi connectivity index (χ1v) is 7.18. The molecule has 2 aromatic heterocycles. The van der Waals surface area contributed by atoms with Crippen LogP contribution >= 0.6 is 15.9 Å². The Balaban J connectivity index is 2.27. The van der Waals surface area contributed by atoms with Gasteiger partial charge in [0.2, 0.25) is 0 Å². The lowest BCUT2D eigenvalue weighted by atomic mass is 10.1. The lowest BCUT2D eigenvalue weighted by Gasteiger charge is -2.03. The van der Waals surface area contributed by atoms with E-state index in [2.05, 4.69) is 26.0 Å². The van der Waals surface area contributed by atoms with Gasteiger partial charge in [-0.3, -0.25) is 14.7 Å². The molecule has 0 spiro atoms. The number of rotatable bonds is 3. The fraction of sp³-hybridized carbons (Fsp3) is 0.214. The minimum atomic E-state index is -0.931. The molecule has 0 bridgehead atoms. The van der Waals surface area contributed by atoms with Crippen molar-refractivity contribution in [2.45, 2.75) is 19.8 Å². The molecule has 0 unspecified atom stereocenters. The Kier molecular flexibility index (Phi) is 3.29. The number of aromatic amines is 1. The average molecular weight is 350 g/mol. The molecule has 0 fully saturated rings. The van der Waals surface area contributed by atoms with E-state index in [9.17, 15) is 9.59 Å². The largest absolute Gasteiger partial charge is 0.481 e. The summed E-state index contributed by atoms with van der Waals surface area (Å²) in [7, 11) is 0. The van der Waals surface area contributed by atoms with Gasteiger partial charge in [0, 0.05) is 27.5 Å². The number of halogens is 1. The van der Waals surface area contributed by atoms with Crippen LogP contribution in [0.3, 0.4) is 0 Å². The summed E-state index contributed by atoms with van der Waals surface area (Å²) in [5.74, 6) is -0.931. The maximum Gasteiger partial charge on any atom is 0.303 e. The summed E-state index contributed by atoms with van der Waals surface area (Å²) in [6, 6.07) is 5.64. The zero-order valence-corrected chi connectivity index (χ0v) is 12.8. The van der Waals surface area contributed by atoms with Crippen molar-refractivity contribution in [2.24, 2.45) is 0 Å². The van der Waals surface area contributed by atoms with Crippen molar-refractivity contribution in [3.05, 3.63) is 44.3 Å². The second kappa shape index (κ2) is 5.00. The standard InChI is InChI=1S/C14H12BrN3O3/c1-7-9(4-5-12(19)20)14(21)18-13(16-7)10-3-2-8(15)6-11(10)17-18/h2-3,6,17H,4-5H2,1H3,(H,19,20). The maximum atomic E-state index is 12.5. The number of carboxylic acid groups (broad SMARTS) is 1. The topological polar surface area (TPSA) is 87.5 Å². The minimum absolute atomic E-state index is 0.0877. The van der Waals surface area contributed by atoms with Gasteiger partial charge in [-0.05, 0) is 31.5 Å². The smallest absolute Gasteiger partial charge is 0.303 e. The minimum Gasteiger partial charge on any atom is -0.481 e. The summed E-state index contributed by atoms with van der Waals surface area (Å²) < 4.78 is 2.28. The number of aromatic nitrogens is 3. The third-order valence-corrected chi connectivity index (χ3v) is 3.92. The summed E-state index contributed by atoms with van der Waals surface area (Å²) in [6.07, 6.45) is 0.0879. The Hall–Kier alpha value is -2.15. The van der Waals surface area contributed by atoms with Crippen LogP contribution in [-0.2, 0) is 11.2 Å². The quantitative estimate of drug-likeness (QED) is 0.759. The van der Waals surface area contributed by atoms with E-state index in [0.29, 0.717) is 16.9 Å². The molecule has 0 saturated heterocycles. The molecule has 0 amide bonds. The normalized spacial score (nSPS) is 11.3. The molecule has 2 N–H and O–H groups in total. The number of benzene rings is 1. The summed E-state index contributed by atoms with van der Waals surface area (Å²) in [4.78, 5) is 27.7. The number of aliphatic carboxylic acids is 1. The molecule has 0 aliphatic carbocycles. The molecule has 0 aliphatic heterocycles. The SMILES string of the molecule is Cc1nc2c3ccc(Br)cc3[nH]n2c(=O)c1CCC(=O)O. The van der Waals surface area contributed by atoms with E-state index in [1.54, 1.807) is 6.92 Å². The van der Waals surface area contributed by atoms with Crippen LogP contribution in [0.5, 0.6) is 0 Å². The van der Waals surface area contributed by atoms with E-state index in [1.165, 1.54) is 4.52 Å². The zero-order chi connectivity index (χ0) is 15.1. The number of carbonyl (C=O) groups is 1. The third-order valence-electron chi connectivity index (χ3n) is 3.43. The van der Waals surface area contributed by atoms with Crippen LogP contribution in [0.2, 0.25) is 0 Å². The van der Waals surface area contributed by atoms with Crippen molar-refractivity contribution >= 4 is 38.4 Å². The molecule has 0 saturated carbocycles. The fourth-order valence-electron chi connectivity index (χ4n) is 2.39. The van der Waals surface area contributed by atoms with E-state index >= 15 is 0 Å². The Morgan fingerprint density at radius 1 is 1.48 bits per heavy atom. The molecule has 7 heteroatoms. The van der Waals surface area contributed by atoms with Gasteiger partial charge in [0.15, 0.2) is 5.65 Å². The molecule has 0 atom stereocenters. The van der Waals surface area contributed by atoms with Crippen LogP contribution in [0, 0.1) is 6.92 Å². The van der Waals surface area contributed by atoms with E-state index in [0.717, 1.165) is 15.4 Å². The van der Waals surface area contributed by atoms with Crippen molar-refractivity contribution < 1.29 is 9.90 Å². The number of carboxylic acids is 1. The number of fused-ring (bicyclic) bond motifs is 3. The van der Waals surface area contributed by atoms with Gasteiger partial charge >= 0.3 is 5.97 Å². The maximum absolute atomic E-state index is 12.5. The highest BCUT2D eigenvalue weighted by Gasteiger charge is 2.14. The summed E-state index contributed by atoms with van der Waals surface area (Å²) >= 11 is 3.38. The third kappa shape index (κ3) is 2.33. The Morgan fingerprint density at radius 2 is 2.24 bits per heavy atom. The predicted molar refractivity (Wildman–Crippen MR) is 81.7 cm³/mol. The van der Waals surface area contributed by atoms with Gasteiger partial charge in [0.1, 0.15) is 0 Å². The van der Waals surface area contributed by atoms with Gasteiger partial charge in [0.05, 0.1) is 5.52 Å². The lowest BCUT2D eigenvalue weighted by Crippen LogP contribution is -2.22. The Labute approximate surface area is 127 Å². The van der Waals surface area contributed by atoms with Crippen LogP contribution in [0.25, 0.3) is 16.6 Å². The average Bonchev–Trinajstić information content (AvgIpc) is 2.76.